The quantitative estimate of drug-likeness (QED) is 0.129. The molecule has 1 fully saturated rings. The maximum atomic E-state index is 13.9. The van der Waals surface area contributed by atoms with E-state index in [0.29, 0.717) is 56.0 Å². The number of esters is 1. The second-order valence-electron chi connectivity index (χ2n) is 11.9. The Morgan fingerprint density at radius 1 is 0.824 bits per heavy atom. The number of benzene rings is 2. The number of carbonyl (C=O) groups excluding carboxylic acids is 1. The van der Waals surface area contributed by atoms with Crippen LogP contribution in [0, 0.1) is 5.92 Å². The third-order valence-electron chi connectivity index (χ3n) is 8.46. The fourth-order valence-electron chi connectivity index (χ4n) is 5.86. The van der Waals surface area contributed by atoms with Gasteiger partial charge in [-0.15, -0.1) is 0 Å². The van der Waals surface area contributed by atoms with Gasteiger partial charge in [-0.25, -0.2) is 9.97 Å². The van der Waals surface area contributed by atoms with Gasteiger partial charge in [0.05, 0.1) is 53.9 Å². The van der Waals surface area contributed by atoms with Crippen molar-refractivity contribution in [3.8, 4) is 0 Å². The first-order chi connectivity index (χ1) is 23.9. The summed E-state index contributed by atoms with van der Waals surface area (Å²) in [6, 6.07) is 4.20. The van der Waals surface area contributed by atoms with E-state index in [9.17, 15) is 44.3 Å². The average molecular weight is 736 g/mol. The van der Waals surface area contributed by atoms with Gasteiger partial charge in [-0.05, 0) is 74.2 Å². The highest BCUT2D eigenvalue weighted by atomic mass is 19.4. The fourth-order valence-corrected chi connectivity index (χ4v) is 5.86. The van der Waals surface area contributed by atoms with Gasteiger partial charge in [-0.2, -0.15) is 39.5 Å². The number of alkyl halides is 9. The Morgan fingerprint density at radius 3 is 1.92 bits per heavy atom. The molecule has 4 rings (SSSR count). The molecule has 0 aliphatic carbocycles. The van der Waals surface area contributed by atoms with Gasteiger partial charge in [0.2, 0.25) is 5.95 Å². The van der Waals surface area contributed by atoms with Gasteiger partial charge in [-0.3, -0.25) is 4.79 Å². The van der Waals surface area contributed by atoms with Crippen LogP contribution in [-0.2, 0) is 45.9 Å². The van der Waals surface area contributed by atoms with Crippen LogP contribution in [0.1, 0.15) is 54.5 Å². The van der Waals surface area contributed by atoms with Crippen LogP contribution in [0.5, 0.6) is 0 Å². The number of ether oxygens (including phenoxy) is 2. The van der Waals surface area contributed by atoms with Crippen molar-refractivity contribution in [1.82, 2.24) is 9.97 Å². The number of aromatic nitrogens is 2. The predicted molar refractivity (Wildman–Crippen MR) is 171 cm³/mol. The third-order valence-corrected chi connectivity index (χ3v) is 8.46. The van der Waals surface area contributed by atoms with Crippen molar-refractivity contribution in [2.45, 2.75) is 58.3 Å². The van der Waals surface area contributed by atoms with Crippen molar-refractivity contribution < 1.29 is 53.8 Å². The van der Waals surface area contributed by atoms with E-state index in [1.807, 2.05) is 4.90 Å². The molecule has 0 bridgehead atoms. The Labute approximate surface area is 289 Å². The van der Waals surface area contributed by atoms with E-state index in [4.69, 9.17) is 9.47 Å². The standard InChI is InChI=1S/C34H38F9N5O3/c1-4-46(12-13-50-3)29-7-6-25(32(35,36)37)16-24(29)21-48(20-22-14-26(33(38,39)40)17-27(15-22)34(41,42)43)31-44-18-28(19-45-31)47-10-8-23(9-11-47)30(49)51-5-2/h6-7,14-19,23H,4-5,8-13,20-21H2,1-3H3. The average Bonchev–Trinajstić information content (AvgIpc) is 3.07. The molecule has 2 heterocycles. The number of carbonyl (C=O) groups is 1. The van der Waals surface area contributed by atoms with Gasteiger partial charge in [0.25, 0.3) is 0 Å². The highest BCUT2D eigenvalue weighted by molar-refractivity contribution is 5.73. The first kappa shape index (κ1) is 39.5. The summed E-state index contributed by atoms with van der Waals surface area (Å²) in [5.74, 6) is -0.714. The lowest BCUT2D eigenvalue weighted by molar-refractivity contribution is -0.148. The zero-order valence-corrected chi connectivity index (χ0v) is 28.1. The third kappa shape index (κ3) is 10.4. The van der Waals surface area contributed by atoms with Gasteiger partial charge in [-0.1, -0.05) is 0 Å². The number of hydrogen-bond donors (Lipinski definition) is 0. The molecule has 0 N–H and O–H groups in total. The zero-order chi connectivity index (χ0) is 37.6. The lowest BCUT2D eigenvalue weighted by Crippen LogP contribution is -2.37. The van der Waals surface area contributed by atoms with Crippen molar-refractivity contribution in [1.29, 1.82) is 0 Å². The summed E-state index contributed by atoms with van der Waals surface area (Å²) in [5.41, 5.74) is -3.50. The van der Waals surface area contributed by atoms with Crippen LogP contribution in [0.15, 0.2) is 48.8 Å². The lowest BCUT2D eigenvalue weighted by atomic mass is 9.97. The van der Waals surface area contributed by atoms with E-state index < -0.39 is 53.9 Å². The van der Waals surface area contributed by atoms with Crippen molar-refractivity contribution in [2.24, 2.45) is 5.92 Å². The van der Waals surface area contributed by atoms with Crippen LogP contribution in [0.2, 0.25) is 0 Å². The Hall–Kier alpha value is -4.28. The van der Waals surface area contributed by atoms with E-state index in [-0.39, 0.29) is 49.2 Å². The molecule has 0 radical (unpaired) electrons. The van der Waals surface area contributed by atoms with Crippen molar-refractivity contribution in [2.75, 3.05) is 61.2 Å². The molecule has 51 heavy (non-hydrogen) atoms. The number of likely N-dealkylation sites (N-methyl/N-ethyl adjacent to an activating group) is 1. The minimum Gasteiger partial charge on any atom is -0.466 e. The minimum absolute atomic E-state index is 0.00406. The number of rotatable bonds is 13. The fraction of sp³-hybridized carbons (Fsp3) is 0.500. The van der Waals surface area contributed by atoms with E-state index in [2.05, 4.69) is 9.97 Å². The molecular formula is C34H38F9N5O3. The molecule has 8 nitrogen and oxygen atoms in total. The molecule has 2 aromatic carbocycles. The van der Waals surface area contributed by atoms with Crippen molar-refractivity contribution in [3.05, 3.63) is 76.6 Å². The molecular weight excluding hydrogens is 697 g/mol. The normalized spacial score (nSPS) is 14.5. The maximum Gasteiger partial charge on any atom is 0.416 e. The minimum atomic E-state index is -5.11. The second kappa shape index (κ2) is 16.4. The monoisotopic (exact) mass is 735 g/mol. The molecule has 1 aliphatic rings. The number of hydrogen-bond acceptors (Lipinski definition) is 8. The predicted octanol–water partition coefficient (Wildman–Crippen LogP) is 7.99. The maximum absolute atomic E-state index is 13.9. The SMILES string of the molecule is CCOC(=O)C1CCN(c2cnc(N(Cc3cc(C(F)(F)F)cc(C(F)(F)F)c3)Cc3cc(C(F)(F)F)ccc3N(CC)CCOC)nc2)CC1. The Balaban J connectivity index is 1.76. The van der Waals surface area contributed by atoms with E-state index >= 15 is 0 Å². The topological polar surface area (TPSA) is 71.0 Å². The second-order valence-corrected chi connectivity index (χ2v) is 11.9. The van der Waals surface area contributed by atoms with Gasteiger partial charge in [0, 0.05) is 52.1 Å². The Bertz CT molecular complexity index is 1570. The summed E-state index contributed by atoms with van der Waals surface area (Å²) in [6.07, 6.45) is -11.1. The summed E-state index contributed by atoms with van der Waals surface area (Å²) >= 11 is 0. The smallest absolute Gasteiger partial charge is 0.416 e. The molecule has 1 saturated heterocycles. The molecule has 3 aromatic rings. The molecule has 280 valence electrons. The first-order valence-electron chi connectivity index (χ1n) is 16.2. The van der Waals surface area contributed by atoms with Gasteiger partial charge < -0.3 is 24.2 Å². The number of methoxy groups -OCH3 is 1. The first-order valence-corrected chi connectivity index (χ1v) is 16.2. The van der Waals surface area contributed by atoms with Crippen LogP contribution < -0.4 is 14.7 Å². The highest BCUT2D eigenvalue weighted by Gasteiger charge is 2.37. The van der Waals surface area contributed by atoms with E-state index in [1.54, 1.807) is 18.7 Å². The summed E-state index contributed by atoms with van der Waals surface area (Å²) < 4.78 is 135. The Morgan fingerprint density at radius 2 is 1.41 bits per heavy atom. The number of anilines is 3. The van der Waals surface area contributed by atoms with Crippen LogP contribution in [0.4, 0.5) is 56.8 Å². The van der Waals surface area contributed by atoms with Gasteiger partial charge in [0.15, 0.2) is 0 Å². The molecule has 17 heteroatoms. The van der Waals surface area contributed by atoms with Crippen LogP contribution in [0.3, 0.4) is 0 Å². The molecule has 1 aromatic heterocycles. The van der Waals surface area contributed by atoms with E-state index in [1.165, 1.54) is 30.5 Å². The van der Waals surface area contributed by atoms with Gasteiger partial charge in [0.1, 0.15) is 0 Å². The molecule has 0 amide bonds. The summed E-state index contributed by atoms with van der Waals surface area (Å²) in [4.78, 5) is 25.8. The van der Waals surface area contributed by atoms with Crippen LogP contribution >= 0.6 is 0 Å². The zero-order valence-electron chi connectivity index (χ0n) is 28.1. The summed E-state index contributed by atoms with van der Waals surface area (Å²) in [5, 5.41) is 0. The van der Waals surface area contributed by atoms with Crippen molar-refractivity contribution in [3.63, 3.8) is 0 Å². The number of piperidine rings is 1. The summed E-state index contributed by atoms with van der Waals surface area (Å²) in [6.45, 7) is 4.50. The lowest BCUT2D eigenvalue weighted by Gasteiger charge is -2.32. The molecule has 0 spiro atoms. The molecule has 0 saturated carbocycles. The van der Waals surface area contributed by atoms with E-state index in [0.717, 1.165) is 12.1 Å². The number of halogens is 9. The summed E-state index contributed by atoms with van der Waals surface area (Å²) in [7, 11) is 1.46. The molecule has 0 unspecified atom stereocenters. The Kier molecular flexibility index (Phi) is 12.7. The van der Waals surface area contributed by atoms with Crippen LogP contribution in [0.25, 0.3) is 0 Å². The number of nitrogens with zero attached hydrogens (tertiary/aromatic N) is 5. The largest absolute Gasteiger partial charge is 0.466 e. The van der Waals surface area contributed by atoms with Crippen LogP contribution in [-0.4, -0.2) is 62.4 Å². The van der Waals surface area contributed by atoms with Crippen molar-refractivity contribution >= 4 is 23.3 Å². The van der Waals surface area contributed by atoms with Gasteiger partial charge >= 0.3 is 24.5 Å². The highest BCUT2D eigenvalue weighted by Crippen LogP contribution is 2.38. The molecule has 0 atom stereocenters. The molecule has 1 aliphatic heterocycles.